The topological polar surface area (TPSA) is 96.2 Å². The SMILES string of the molecule is Cc1cccc(C=CC(=O)N(C)[C@H]2CC[C@@]3([N+](=O)[O-])[C@H]4Cc5ccc(O)c6c5[C@@]3(CCN4CC3CC3)[C@H]2O6)c1. The van der Waals surface area contributed by atoms with E-state index in [0.717, 1.165) is 35.3 Å². The lowest BCUT2D eigenvalue weighted by Crippen LogP contribution is -2.80. The van der Waals surface area contributed by atoms with Crippen molar-refractivity contribution in [2.75, 3.05) is 20.1 Å². The Morgan fingerprint density at radius 1 is 1.26 bits per heavy atom. The van der Waals surface area contributed by atoms with Gasteiger partial charge in [0.25, 0.3) is 5.54 Å². The monoisotopic (exact) mass is 529 g/mol. The van der Waals surface area contributed by atoms with Gasteiger partial charge in [0.2, 0.25) is 5.91 Å². The first-order valence-corrected chi connectivity index (χ1v) is 14.2. The summed E-state index contributed by atoms with van der Waals surface area (Å²) in [6, 6.07) is 11.0. The van der Waals surface area contributed by atoms with E-state index in [1.54, 1.807) is 24.1 Å². The summed E-state index contributed by atoms with van der Waals surface area (Å²) in [5.41, 5.74) is 1.83. The Kier molecular flexibility index (Phi) is 5.40. The first kappa shape index (κ1) is 24.6. The molecule has 1 N–H and O–H groups in total. The van der Waals surface area contributed by atoms with Gasteiger partial charge in [-0.25, -0.2) is 0 Å². The fraction of sp³-hybridized carbons (Fsp3) is 0.516. The number of carbonyl (C=O) groups is 1. The van der Waals surface area contributed by atoms with E-state index in [0.29, 0.717) is 37.4 Å². The number of amides is 1. The fourth-order valence-corrected chi connectivity index (χ4v) is 8.45. The summed E-state index contributed by atoms with van der Waals surface area (Å²) >= 11 is 0. The molecule has 3 fully saturated rings. The molecule has 2 aromatic carbocycles. The Morgan fingerprint density at radius 2 is 2.08 bits per heavy atom. The van der Waals surface area contributed by atoms with E-state index >= 15 is 0 Å². The van der Waals surface area contributed by atoms with Crippen LogP contribution in [0, 0.1) is 23.0 Å². The van der Waals surface area contributed by atoms with Gasteiger partial charge in [-0.1, -0.05) is 35.9 Å². The third-order valence-electron chi connectivity index (χ3n) is 10.4. The fourth-order valence-electron chi connectivity index (χ4n) is 8.45. The van der Waals surface area contributed by atoms with Gasteiger partial charge in [0.15, 0.2) is 11.5 Å². The summed E-state index contributed by atoms with van der Waals surface area (Å²) in [4.78, 5) is 30.8. The number of piperidine rings is 1. The molecule has 1 saturated heterocycles. The van der Waals surface area contributed by atoms with Gasteiger partial charge >= 0.3 is 0 Å². The predicted octanol–water partition coefficient (Wildman–Crippen LogP) is 4.09. The van der Waals surface area contributed by atoms with Crippen molar-refractivity contribution in [3.63, 3.8) is 0 Å². The van der Waals surface area contributed by atoms with Crippen molar-refractivity contribution in [2.24, 2.45) is 5.92 Å². The molecule has 7 rings (SSSR count). The van der Waals surface area contributed by atoms with Gasteiger partial charge in [-0.3, -0.25) is 19.8 Å². The minimum absolute atomic E-state index is 0.00907. The molecule has 3 aliphatic carbocycles. The lowest BCUT2D eigenvalue weighted by Gasteiger charge is -2.61. The van der Waals surface area contributed by atoms with Crippen LogP contribution in [0.1, 0.15) is 54.4 Å². The van der Waals surface area contributed by atoms with Crippen LogP contribution in [0.4, 0.5) is 0 Å². The van der Waals surface area contributed by atoms with E-state index in [1.807, 2.05) is 43.3 Å². The maximum absolute atomic E-state index is 13.4. The molecule has 0 radical (unpaired) electrons. The number of benzene rings is 2. The Balaban J connectivity index is 1.29. The molecule has 1 amide bonds. The number of carbonyl (C=O) groups excluding carboxylic acids is 1. The maximum Gasteiger partial charge on any atom is 0.251 e. The lowest BCUT2D eigenvalue weighted by atomic mass is 9.46. The summed E-state index contributed by atoms with van der Waals surface area (Å²) in [6.45, 7) is 3.69. The molecular formula is C31H35N3O5. The highest BCUT2D eigenvalue weighted by Crippen LogP contribution is 2.67. The van der Waals surface area contributed by atoms with Crippen molar-refractivity contribution in [3.8, 4) is 11.5 Å². The van der Waals surface area contributed by atoms with Crippen LogP contribution in [0.5, 0.6) is 11.5 Å². The van der Waals surface area contributed by atoms with E-state index in [9.17, 15) is 20.0 Å². The molecule has 204 valence electrons. The summed E-state index contributed by atoms with van der Waals surface area (Å²) in [7, 11) is 1.78. The first-order chi connectivity index (χ1) is 18.8. The minimum Gasteiger partial charge on any atom is -0.504 e. The van der Waals surface area contributed by atoms with Crippen LogP contribution in [-0.2, 0) is 16.6 Å². The van der Waals surface area contributed by atoms with Crippen LogP contribution in [0.25, 0.3) is 6.08 Å². The second-order valence-corrected chi connectivity index (χ2v) is 12.3. The number of rotatable bonds is 6. The first-order valence-electron chi connectivity index (χ1n) is 14.2. The molecule has 5 atom stereocenters. The van der Waals surface area contributed by atoms with E-state index in [1.165, 1.54) is 12.8 Å². The summed E-state index contributed by atoms with van der Waals surface area (Å²) in [5, 5.41) is 24.2. The van der Waals surface area contributed by atoms with Crippen LogP contribution >= 0.6 is 0 Å². The highest BCUT2D eigenvalue weighted by molar-refractivity contribution is 5.92. The quantitative estimate of drug-likeness (QED) is 0.344. The molecule has 2 aliphatic heterocycles. The van der Waals surface area contributed by atoms with Gasteiger partial charge in [-0.05, 0) is 74.8 Å². The molecule has 1 spiro atoms. The third kappa shape index (κ3) is 3.36. The molecule has 2 saturated carbocycles. The Hall–Kier alpha value is -3.39. The average Bonchev–Trinajstić information content (AvgIpc) is 3.67. The number of nitrogens with zero attached hydrogens (tertiary/aromatic N) is 3. The Bertz CT molecular complexity index is 1400. The molecule has 2 bridgehead atoms. The van der Waals surface area contributed by atoms with Gasteiger partial charge in [-0.15, -0.1) is 0 Å². The largest absolute Gasteiger partial charge is 0.504 e. The normalized spacial score (nSPS) is 32.5. The average molecular weight is 530 g/mol. The van der Waals surface area contributed by atoms with Crippen molar-refractivity contribution in [1.29, 1.82) is 0 Å². The third-order valence-corrected chi connectivity index (χ3v) is 10.4. The van der Waals surface area contributed by atoms with E-state index in [4.69, 9.17) is 4.74 Å². The summed E-state index contributed by atoms with van der Waals surface area (Å²) in [6.07, 6.45) is 7.23. The van der Waals surface area contributed by atoms with Crippen molar-refractivity contribution in [2.45, 2.75) is 74.6 Å². The zero-order chi connectivity index (χ0) is 27.1. The molecule has 2 heterocycles. The lowest BCUT2D eigenvalue weighted by molar-refractivity contribution is -0.606. The van der Waals surface area contributed by atoms with Crippen molar-refractivity contribution in [3.05, 3.63) is 74.8 Å². The number of likely N-dealkylation sites (N-methyl/N-ethyl adjacent to an activating group) is 1. The molecular weight excluding hydrogens is 494 g/mol. The van der Waals surface area contributed by atoms with Gasteiger partial charge in [-0.2, -0.15) is 0 Å². The van der Waals surface area contributed by atoms with E-state index in [2.05, 4.69) is 4.90 Å². The number of aryl methyl sites for hydroxylation is 1. The van der Waals surface area contributed by atoms with E-state index < -0.39 is 17.1 Å². The zero-order valence-corrected chi connectivity index (χ0v) is 22.5. The van der Waals surface area contributed by atoms with Crippen LogP contribution in [0.3, 0.4) is 0 Å². The standard InChI is InChI=1S/C31H35N3O5/c1-19-4-3-5-20(16-19)8-11-26(36)32(2)23-12-13-31(34(37)38)25-17-22-9-10-24(35)28-27(22)30(31,29(23)39-28)14-15-33(25)18-21-6-7-21/h3-5,8-11,16,21,23,25,29,35H,6-7,12-15,17-18H2,1-2H3/t23-,25+,29-,30-,31+/m0/s1. The Labute approximate surface area is 228 Å². The molecule has 2 aromatic rings. The van der Waals surface area contributed by atoms with Gasteiger partial charge in [0.05, 0.1) is 12.1 Å². The molecule has 8 nitrogen and oxygen atoms in total. The maximum atomic E-state index is 13.4. The predicted molar refractivity (Wildman–Crippen MR) is 146 cm³/mol. The second-order valence-electron chi connectivity index (χ2n) is 12.3. The number of nitro groups is 1. The molecule has 0 unspecified atom stereocenters. The Morgan fingerprint density at radius 3 is 2.82 bits per heavy atom. The molecule has 0 aromatic heterocycles. The number of phenolic OH excluding ortho intramolecular Hbond substituents is 1. The van der Waals surface area contributed by atoms with E-state index in [-0.39, 0.29) is 28.7 Å². The van der Waals surface area contributed by atoms with Crippen molar-refractivity contribution >= 4 is 12.0 Å². The summed E-state index contributed by atoms with van der Waals surface area (Å²) < 4.78 is 6.58. The van der Waals surface area contributed by atoms with Crippen LogP contribution in [0.15, 0.2) is 42.5 Å². The van der Waals surface area contributed by atoms with Gasteiger partial charge in [0.1, 0.15) is 11.5 Å². The summed E-state index contributed by atoms with van der Waals surface area (Å²) in [5.74, 6) is 0.895. The number of hydrogen-bond acceptors (Lipinski definition) is 6. The second kappa shape index (κ2) is 8.55. The van der Waals surface area contributed by atoms with Gasteiger partial charge in [0, 0.05) is 36.6 Å². The minimum atomic E-state index is -1.21. The van der Waals surface area contributed by atoms with Crippen molar-refractivity contribution < 1.29 is 19.6 Å². The molecule has 39 heavy (non-hydrogen) atoms. The zero-order valence-electron chi connectivity index (χ0n) is 22.5. The van der Waals surface area contributed by atoms with Crippen LogP contribution in [-0.4, -0.2) is 69.6 Å². The molecule has 8 heteroatoms. The van der Waals surface area contributed by atoms with Crippen LogP contribution in [0.2, 0.25) is 0 Å². The number of phenols is 1. The highest BCUT2D eigenvalue weighted by atomic mass is 16.6. The molecule has 5 aliphatic rings. The number of likely N-dealkylation sites (tertiary alicyclic amines) is 1. The van der Waals surface area contributed by atoms with Crippen molar-refractivity contribution in [1.82, 2.24) is 9.80 Å². The van der Waals surface area contributed by atoms with Crippen LogP contribution < -0.4 is 4.74 Å². The van der Waals surface area contributed by atoms with Gasteiger partial charge < -0.3 is 14.7 Å². The highest BCUT2D eigenvalue weighted by Gasteiger charge is 2.80. The smallest absolute Gasteiger partial charge is 0.251 e. The number of hydrogen-bond donors (Lipinski definition) is 1. The number of aromatic hydroxyl groups is 1. The number of ether oxygens (including phenoxy) is 1.